The zero-order valence-corrected chi connectivity index (χ0v) is 9.89. The average Bonchev–Trinajstić information content (AvgIpc) is 2.30. The molecule has 0 saturated carbocycles. The smallest absolute Gasteiger partial charge is 0.0474 e. The summed E-state index contributed by atoms with van der Waals surface area (Å²) in [5.74, 6) is 0.694. The molecule has 0 unspecified atom stereocenters. The fraction of sp³-hybridized carbons (Fsp3) is 0.538. The quantitative estimate of drug-likeness (QED) is 0.701. The predicted molar refractivity (Wildman–Crippen MR) is 63.6 cm³/mol. The van der Waals surface area contributed by atoms with Crippen molar-refractivity contribution >= 4 is 11.6 Å². The van der Waals surface area contributed by atoms with Crippen LogP contribution in [0.1, 0.15) is 24.0 Å². The number of rotatable bonds is 2. The van der Waals surface area contributed by atoms with E-state index >= 15 is 0 Å². The minimum atomic E-state index is 0.145. The number of ether oxygens (including phenoxy) is 1. The lowest BCUT2D eigenvalue weighted by Crippen LogP contribution is -2.35. The maximum atomic E-state index is 6.17. The highest BCUT2D eigenvalue weighted by molar-refractivity contribution is 6.18. The Kier molecular flexibility index (Phi) is 3.32. The van der Waals surface area contributed by atoms with Gasteiger partial charge in [-0.15, -0.1) is 11.6 Å². The first-order valence-electron chi connectivity index (χ1n) is 5.48. The third-order valence-corrected chi connectivity index (χ3v) is 3.85. The Morgan fingerprint density at radius 2 is 2.07 bits per heavy atom. The molecule has 1 saturated heterocycles. The first kappa shape index (κ1) is 11.0. The zero-order chi connectivity index (χ0) is 10.7. The number of aryl methyl sites for hydroxylation is 1. The van der Waals surface area contributed by atoms with Crippen LogP contribution in [0.5, 0.6) is 0 Å². The number of hydrogen-bond acceptors (Lipinski definition) is 1. The third-order valence-electron chi connectivity index (χ3n) is 3.34. The van der Waals surface area contributed by atoms with Gasteiger partial charge in [-0.25, -0.2) is 0 Å². The Bertz CT molecular complexity index is 329. The molecule has 0 bridgehead atoms. The van der Waals surface area contributed by atoms with Gasteiger partial charge in [-0.3, -0.25) is 0 Å². The van der Waals surface area contributed by atoms with Crippen LogP contribution in [0.2, 0.25) is 0 Å². The summed E-state index contributed by atoms with van der Waals surface area (Å²) < 4.78 is 5.42. The van der Waals surface area contributed by atoms with Crippen LogP contribution in [0.15, 0.2) is 24.3 Å². The summed E-state index contributed by atoms with van der Waals surface area (Å²) in [6, 6.07) is 8.70. The van der Waals surface area contributed by atoms with Gasteiger partial charge in [-0.2, -0.15) is 0 Å². The molecule has 0 atom stereocenters. The van der Waals surface area contributed by atoms with E-state index in [1.54, 1.807) is 0 Å². The predicted octanol–water partition coefficient (Wildman–Crippen LogP) is 3.28. The number of benzene rings is 1. The van der Waals surface area contributed by atoms with Crippen molar-refractivity contribution < 1.29 is 4.74 Å². The van der Waals surface area contributed by atoms with Gasteiger partial charge >= 0.3 is 0 Å². The molecule has 1 nitrogen and oxygen atoms in total. The van der Waals surface area contributed by atoms with Gasteiger partial charge in [0, 0.05) is 24.5 Å². The molecule has 2 rings (SSSR count). The van der Waals surface area contributed by atoms with Gasteiger partial charge in [0.15, 0.2) is 0 Å². The Labute approximate surface area is 96.4 Å². The van der Waals surface area contributed by atoms with Crippen LogP contribution in [0.3, 0.4) is 0 Å². The standard InChI is InChI=1S/C13H17ClO/c1-11-3-2-4-12(9-11)13(10-14)5-7-15-8-6-13/h2-4,9H,5-8,10H2,1H3. The molecule has 1 aromatic carbocycles. The van der Waals surface area contributed by atoms with Crippen molar-refractivity contribution in [3.05, 3.63) is 35.4 Å². The fourth-order valence-corrected chi connectivity index (χ4v) is 2.66. The SMILES string of the molecule is Cc1cccc(C2(CCl)CCOCC2)c1. The zero-order valence-electron chi connectivity index (χ0n) is 9.13. The highest BCUT2D eigenvalue weighted by atomic mass is 35.5. The van der Waals surface area contributed by atoms with Gasteiger partial charge in [-0.1, -0.05) is 29.8 Å². The molecule has 0 aromatic heterocycles. The number of alkyl halides is 1. The average molecular weight is 225 g/mol. The molecule has 15 heavy (non-hydrogen) atoms. The topological polar surface area (TPSA) is 9.23 Å². The molecule has 1 heterocycles. The lowest BCUT2D eigenvalue weighted by molar-refractivity contribution is 0.0575. The van der Waals surface area contributed by atoms with Crippen molar-refractivity contribution in [1.29, 1.82) is 0 Å². The van der Waals surface area contributed by atoms with E-state index in [-0.39, 0.29) is 5.41 Å². The summed E-state index contributed by atoms with van der Waals surface area (Å²) in [5.41, 5.74) is 2.83. The van der Waals surface area contributed by atoms with Crippen LogP contribution < -0.4 is 0 Å². The molecule has 82 valence electrons. The second-order valence-electron chi connectivity index (χ2n) is 4.40. The van der Waals surface area contributed by atoms with Crippen molar-refractivity contribution in [2.75, 3.05) is 19.1 Å². The lowest BCUT2D eigenvalue weighted by Gasteiger charge is -2.36. The van der Waals surface area contributed by atoms with Crippen LogP contribution in [0, 0.1) is 6.92 Å². The van der Waals surface area contributed by atoms with Crippen LogP contribution in [0.4, 0.5) is 0 Å². The van der Waals surface area contributed by atoms with Crippen molar-refractivity contribution in [2.24, 2.45) is 0 Å². The second-order valence-corrected chi connectivity index (χ2v) is 4.66. The Balaban J connectivity index is 2.32. The van der Waals surface area contributed by atoms with Crippen molar-refractivity contribution in [2.45, 2.75) is 25.2 Å². The molecule has 0 aliphatic carbocycles. The molecular formula is C13H17ClO. The molecule has 0 radical (unpaired) electrons. The minimum absolute atomic E-state index is 0.145. The summed E-state index contributed by atoms with van der Waals surface area (Å²) in [6.07, 6.45) is 2.08. The summed E-state index contributed by atoms with van der Waals surface area (Å²) in [6.45, 7) is 3.80. The van der Waals surface area contributed by atoms with Gasteiger partial charge in [0.25, 0.3) is 0 Å². The van der Waals surface area contributed by atoms with E-state index in [1.807, 2.05) is 0 Å². The van der Waals surface area contributed by atoms with E-state index in [9.17, 15) is 0 Å². The molecule has 1 aliphatic heterocycles. The largest absolute Gasteiger partial charge is 0.381 e. The van der Waals surface area contributed by atoms with Crippen LogP contribution in [-0.4, -0.2) is 19.1 Å². The Hall–Kier alpha value is -0.530. The monoisotopic (exact) mass is 224 g/mol. The van der Waals surface area contributed by atoms with Crippen LogP contribution in [-0.2, 0) is 10.2 Å². The summed E-state index contributed by atoms with van der Waals surface area (Å²) >= 11 is 6.17. The van der Waals surface area contributed by atoms with E-state index in [4.69, 9.17) is 16.3 Å². The number of halogens is 1. The first-order valence-corrected chi connectivity index (χ1v) is 6.01. The van der Waals surface area contributed by atoms with Crippen LogP contribution in [0.25, 0.3) is 0 Å². The van der Waals surface area contributed by atoms with E-state index in [2.05, 4.69) is 31.2 Å². The highest BCUT2D eigenvalue weighted by Crippen LogP contribution is 2.36. The molecule has 1 aromatic rings. The van der Waals surface area contributed by atoms with E-state index < -0.39 is 0 Å². The molecule has 0 spiro atoms. The Morgan fingerprint density at radius 1 is 1.33 bits per heavy atom. The van der Waals surface area contributed by atoms with Gasteiger partial charge in [0.1, 0.15) is 0 Å². The Morgan fingerprint density at radius 3 is 2.67 bits per heavy atom. The molecule has 2 heteroatoms. The second kappa shape index (κ2) is 4.54. The molecular weight excluding hydrogens is 208 g/mol. The fourth-order valence-electron chi connectivity index (χ4n) is 2.24. The van der Waals surface area contributed by atoms with Gasteiger partial charge in [0.2, 0.25) is 0 Å². The van der Waals surface area contributed by atoms with Gasteiger partial charge in [0.05, 0.1) is 0 Å². The normalized spacial score (nSPS) is 20.1. The first-order chi connectivity index (χ1) is 7.27. The highest BCUT2D eigenvalue weighted by Gasteiger charge is 2.33. The summed E-state index contributed by atoms with van der Waals surface area (Å²) in [4.78, 5) is 0. The van der Waals surface area contributed by atoms with Crippen LogP contribution >= 0.6 is 11.6 Å². The summed E-state index contributed by atoms with van der Waals surface area (Å²) in [5, 5.41) is 0. The van der Waals surface area contributed by atoms with Crippen molar-refractivity contribution in [3.63, 3.8) is 0 Å². The van der Waals surface area contributed by atoms with Crippen molar-refractivity contribution in [1.82, 2.24) is 0 Å². The summed E-state index contributed by atoms with van der Waals surface area (Å²) in [7, 11) is 0. The maximum Gasteiger partial charge on any atom is 0.0474 e. The molecule has 0 amide bonds. The van der Waals surface area contributed by atoms with E-state index in [0.717, 1.165) is 26.1 Å². The van der Waals surface area contributed by atoms with E-state index in [0.29, 0.717) is 5.88 Å². The van der Waals surface area contributed by atoms with Crippen molar-refractivity contribution in [3.8, 4) is 0 Å². The van der Waals surface area contributed by atoms with E-state index in [1.165, 1.54) is 11.1 Å². The van der Waals surface area contributed by atoms with Gasteiger partial charge < -0.3 is 4.74 Å². The molecule has 1 aliphatic rings. The van der Waals surface area contributed by atoms with Gasteiger partial charge in [-0.05, 0) is 25.3 Å². The molecule has 1 fully saturated rings. The third kappa shape index (κ3) is 2.19. The number of hydrogen-bond donors (Lipinski definition) is 0. The lowest BCUT2D eigenvalue weighted by atomic mass is 9.75. The minimum Gasteiger partial charge on any atom is -0.381 e. The maximum absolute atomic E-state index is 6.17. The molecule has 0 N–H and O–H groups in total.